The molecule has 1 unspecified atom stereocenters. The first-order valence-corrected chi connectivity index (χ1v) is 11.8. The minimum absolute atomic E-state index is 0. The Morgan fingerprint density at radius 2 is 2.00 bits per heavy atom. The average Bonchev–Trinajstić information content (AvgIpc) is 2.77. The van der Waals surface area contributed by atoms with Gasteiger partial charge in [0.05, 0.1) is 6.04 Å². The third-order valence-corrected chi connectivity index (χ3v) is 6.92. The van der Waals surface area contributed by atoms with Crippen molar-refractivity contribution in [1.82, 2.24) is 10.2 Å². The monoisotopic (exact) mass is 469 g/mol. The van der Waals surface area contributed by atoms with E-state index in [2.05, 4.69) is 36.2 Å². The van der Waals surface area contributed by atoms with E-state index in [0.717, 1.165) is 74.4 Å². The summed E-state index contributed by atoms with van der Waals surface area (Å²) in [5, 5.41) is 15.3. The lowest BCUT2D eigenvalue weighted by molar-refractivity contribution is -0.530. The third kappa shape index (κ3) is 7.83. The van der Waals surface area contributed by atoms with E-state index in [1.165, 1.54) is 5.57 Å². The first-order chi connectivity index (χ1) is 14.5. The van der Waals surface area contributed by atoms with Crippen LogP contribution in [0.5, 0.6) is 0 Å². The highest BCUT2D eigenvalue weighted by Gasteiger charge is 2.32. The van der Waals surface area contributed by atoms with Crippen LogP contribution < -0.4 is 10.8 Å². The Balaban J connectivity index is 0.00000256. The fourth-order valence-electron chi connectivity index (χ4n) is 4.77. The molecule has 0 aromatic carbocycles. The second kappa shape index (κ2) is 13.9. The Kier molecular flexibility index (Phi) is 12.4. The molecule has 0 bridgehead atoms. The number of rotatable bonds is 8. The van der Waals surface area contributed by atoms with Gasteiger partial charge in [0.1, 0.15) is 5.70 Å². The van der Waals surface area contributed by atoms with E-state index in [-0.39, 0.29) is 28.8 Å². The number of allylic oxidation sites excluding steroid dienone is 6. The van der Waals surface area contributed by atoms with Gasteiger partial charge in [0.25, 0.3) is 0 Å². The van der Waals surface area contributed by atoms with E-state index in [1.807, 2.05) is 18.2 Å². The van der Waals surface area contributed by atoms with E-state index in [4.69, 9.17) is 11.6 Å². The molecule has 182 valence electrons. The highest BCUT2D eigenvalue weighted by Crippen LogP contribution is 2.32. The summed E-state index contributed by atoms with van der Waals surface area (Å²) in [6, 6.07) is -0.150. The van der Waals surface area contributed by atoms with Crippen molar-refractivity contribution in [1.29, 1.82) is 0 Å². The molecule has 0 aromatic rings. The van der Waals surface area contributed by atoms with Gasteiger partial charge in [-0.1, -0.05) is 43.2 Å². The van der Waals surface area contributed by atoms with Crippen molar-refractivity contribution >= 4 is 17.5 Å². The maximum atomic E-state index is 13.2. The van der Waals surface area contributed by atoms with Crippen LogP contribution in [0.1, 0.15) is 52.4 Å². The number of hydrogen-bond donors (Lipinski definition) is 2. The van der Waals surface area contributed by atoms with Crippen molar-refractivity contribution in [2.75, 3.05) is 19.6 Å². The van der Waals surface area contributed by atoms with Crippen LogP contribution in [0, 0.1) is 23.0 Å². The first kappa shape index (κ1) is 28.6. The summed E-state index contributed by atoms with van der Waals surface area (Å²) in [5.41, 5.74) is 2.99. The molecule has 3 aliphatic rings. The van der Waals surface area contributed by atoms with E-state index < -0.39 is 0 Å². The van der Waals surface area contributed by atoms with Crippen LogP contribution in [0.3, 0.4) is 0 Å². The zero-order chi connectivity index (χ0) is 21.5. The number of carbonyl (C=O) groups is 1. The van der Waals surface area contributed by atoms with Gasteiger partial charge in [-0.2, -0.15) is 0 Å². The molecular formula is C24H40ClN3O4. The maximum absolute atomic E-state index is 13.2. The minimum Gasteiger partial charge on any atom is -0.630 e. The molecule has 0 radical (unpaired) electrons. The summed E-state index contributed by atoms with van der Waals surface area (Å²) in [7, 11) is 0. The summed E-state index contributed by atoms with van der Waals surface area (Å²) in [6.45, 7) is 6.67. The van der Waals surface area contributed by atoms with Crippen molar-refractivity contribution in [3.63, 3.8) is 0 Å². The Morgan fingerprint density at radius 3 is 2.59 bits per heavy atom. The molecule has 1 heterocycles. The zero-order valence-electron chi connectivity index (χ0n) is 19.3. The number of nitrogens with one attached hydrogen (secondary N) is 1. The molecule has 1 saturated heterocycles. The molecule has 7 N–H and O–H groups in total. The lowest BCUT2D eigenvalue weighted by atomic mass is 9.80. The molecule has 8 heteroatoms. The molecule has 1 fully saturated rings. The van der Waals surface area contributed by atoms with Gasteiger partial charge in [0.15, 0.2) is 0 Å². The zero-order valence-corrected chi connectivity index (χ0v) is 20.0. The lowest BCUT2D eigenvalue weighted by Crippen LogP contribution is -2.74. The molecule has 0 spiro atoms. The van der Waals surface area contributed by atoms with Crippen LogP contribution >= 0.6 is 11.6 Å². The van der Waals surface area contributed by atoms with Gasteiger partial charge in [-0.15, -0.1) is 0 Å². The van der Waals surface area contributed by atoms with Crippen LogP contribution in [0.4, 0.5) is 0 Å². The Labute approximate surface area is 196 Å². The number of carbonyl (C=O) groups excluding carboxylic acids is 1. The largest absolute Gasteiger partial charge is 0.630 e. The number of nitrogens with two attached hydrogens (primary N) is 1. The summed E-state index contributed by atoms with van der Waals surface area (Å²) < 4.78 is 0. The lowest BCUT2D eigenvalue weighted by Gasteiger charge is -2.38. The number of hydrogen-bond acceptors (Lipinski definition) is 3. The Morgan fingerprint density at radius 1 is 1.28 bits per heavy atom. The number of halogens is 1. The third-order valence-electron chi connectivity index (χ3n) is 6.64. The summed E-state index contributed by atoms with van der Waals surface area (Å²) >= 11 is 6.05. The van der Waals surface area contributed by atoms with Crippen molar-refractivity contribution in [2.45, 2.75) is 58.4 Å². The van der Waals surface area contributed by atoms with Gasteiger partial charge >= 0.3 is 0 Å². The molecule has 0 saturated carbocycles. The van der Waals surface area contributed by atoms with E-state index >= 15 is 0 Å². The summed E-state index contributed by atoms with van der Waals surface area (Å²) in [6.07, 6.45) is 16.3. The van der Waals surface area contributed by atoms with Crippen LogP contribution in [-0.4, -0.2) is 47.4 Å². The SMILES string of the molecule is CC(C)[C@@H](NCCC1=CC([NH2+][O-])=CCC1)C(=O)N1CCC(C2C=CC(Cl)=CC2)CC1.O.O. The quantitative estimate of drug-likeness (QED) is 0.525. The molecular weight excluding hydrogens is 430 g/mol. The maximum Gasteiger partial charge on any atom is 0.239 e. The van der Waals surface area contributed by atoms with E-state index in [0.29, 0.717) is 11.8 Å². The minimum atomic E-state index is -0.150. The van der Waals surface area contributed by atoms with Gasteiger partial charge in [-0.3, -0.25) is 4.79 Å². The molecule has 32 heavy (non-hydrogen) atoms. The summed E-state index contributed by atoms with van der Waals surface area (Å²) in [5.74, 6) is 1.67. The van der Waals surface area contributed by atoms with Gasteiger partial charge in [0, 0.05) is 18.1 Å². The van der Waals surface area contributed by atoms with Crippen molar-refractivity contribution < 1.29 is 21.2 Å². The van der Waals surface area contributed by atoms with Crippen LogP contribution in [0.15, 0.2) is 46.7 Å². The van der Waals surface area contributed by atoms with Crippen LogP contribution in [0.2, 0.25) is 0 Å². The van der Waals surface area contributed by atoms with Gasteiger partial charge < -0.3 is 31.9 Å². The smallest absolute Gasteiger partial charge is 0.239 e. The standard InChI is InChI=1S/C24H36ClN3O2.2H2O/c1-17(2)23(26-13-10-18-4-3-5-22(16-18)27-30)24(29)28-14-11-20(12-15-28)19-6-8-21(25)9-7-19;;/h5-6,8-9,16-17,19-20,23,26H,3-4,7,10-15,27H2,1-2H3;2*1H2/t19?,23-;;/m1../s1. The van der Waals surface area contributed by atoms with Gasteiger partial charge in [0.2, 0.25) is 5.91 Å². The van der Waals surface area contributed by atoms with E-state index in [1.54, 1.807) is 0 Å². The Hall–Kier alpha value is -1.48. The molecule has 2 aliphatic carbocycles. The number of amides is 1. The first-order valence-electron chi connectivity index (χ1n) is 11.4. The van der Waals surface area contributed by atoms with Crippen LogP contribution in [-0.2, 0) is 4.79 Å². The second-order valence-corrected chi connectivity index (χ2v) is 9.54. The fourth-order valence-corrected chi connectivity index (χ4v) is 4.93. The van der Waals surface area contributed by atoms with Crippen molar-refractivity contribution in [3.05, 3.63) is 51.9 Å². The van der Waals surface area contributed by atoms with Crippen molar-refractivity contribution in [3.8, 4) is 0 Å². The number of quaternary nitrogens is 1. The molecule has 2 atom stereocenters. The van der Waals surface area contributed by atoms with Crippen LogP contribution in [0.25, 0.3) is 0 Å². The predicted octanol–water partition coefficient (Wildman–Crippen LogP) is 1.94. The average molecular weight is 470 g/mol. The normalized spacial score (nSPS) is 22.3. The van der Waals surface area contributed by atoms with Gasteiger partial charge in [-0.05, 0) is 81.1 Å². The highest BCUT2D eigenvalue weighted by molar-refractivity contribution is 6.31. The predicted molar refractivity (Wildman–Crippen MR) is 130 cm³/mol. The summed E-state index contributed by atoms with van der Waals surface area (Å²) in [4.78, 5) is 15.3. The number of piperidine rings is 1. The molecule has 0 aromatic heterocycles. The molecule has 3 rings (SSSR count). The highest BCUT2D eigenvalue weighted by atomic mass is 35.5. The number of likely N-dealkylation sites (tertiary alicyclic amines) is 1. The van der Waals surface area contributed by atoms with Gasteiger partial charge in [-0.25, -0.2) is 0 Å². The number of nitrogens with zero attached hydrogens (tertiary/aromatic N) is 1. The number of hydroxylamine groups is 1. The molecule has 1 aliphatic heterocycles. The molecule has 1 amide bonds. The fraction of sp³-hybridized carbons (Fsp3) is 0.625. The topological polar surface area (TPSA) is 135 Å². The Bertz CT molecular complexity index is 725. The van der Waals surface area contributed by atoms with E-state index in [9.17, 15) is 10.0 Å². The van der Waals surface area contributed by atoms with Crippen molar-refractivity contribution in [2.24, 2.45) is 17.8 Å². The molecule has 7 nitrogen and oxygen atoms in total. The second-order valence-electron chi connectivity index (χ2n) is 9.10.